The Morgan fingerprint density at radius 2 is 0.962 bits per heavy atom. The van der Waals surface area contributed by atoms with E-state index in [4.69, 9.17) is 9.47 Å². The summed E-state index contributed by atoms with van der Waals surface area (Å²) in [6.45, 7) is 14.5. The Morgan fingerprint density at radius 1 is 0.538 bits per heavy atom. The van der Waals surface area contributed by atoms with Gasteiger partial charge in [0.15, 0.2) is 0 Å². The second-order valence-corrected chi connectivity index (χ2v) is 16.6. The molecule has 6 nitrogen and oxygen atoms in total. The summed E-state index contributed by atoms with van der Waals surface area (Å²) in [6, 6.07) is 0. The van der Waals surface area contributed by atoms with Gasteiger partial charge in [-0.15, -0.1) is 0 Å². The third-order valence-corrected chi connectivity index (χ3v) is 10.9. The zero-order valence-corrected chi connectivity index (χ0v) is 35.8. The van der Waals surface area contributed by atoms with Crippen molar-refractivity contribution in [3.63, 3.8) is 0 Å². The van der Waals surface area contributed by atoms with Gasteiger partial charge < -0.3 is 19.5 Å². The minimum absolute atomic E-state index is 0.00453. The average molecular weight is 738 g/mol. The Hall–Kier alpha value is -1.14. The maximum atomic E-state index is 13.3. The molecule has 0 spiro atoms. The number of carbonyl (C=O) groups is 2. The number of carbonyl (C=O) groups excluding carboxylic acids is 2. The van der Waals surface area contributed by atoms with Crippen molar-refractivity contribution in [3.8, 4) is 0 Å². The Morgan fingerprint density at radius 3 is 1.46 bits per heavy atom. The Kier molecular flexibility index (Phi) is 37.3. The van der Waals surface area contributed by atoms with Gasteiger partial charge in [0, 0.05) is 13.0 Å². The van der Waals surface area contributed by atoms with Gasteiger partial charge in [0.05, 0.1) is 18.6 Å². The second-order valence-electron chi connectivity index (χ2n) is 16.6. The van der Waals surface area contributed by atoms with Crippen LogP contribution in [0.15, 0.2) is 0 Å². The quantitative estimate of drug-likeness (QED) is 0.0497. The van der Waals surface area contributed by atoms with Crippen LogP contribution < -0.4 is 0 Å². The van der Waals surface area contributed by atoms with Crippen molar-refractivity contribution in [1.82, 2.24) is 4.90 Å². The van der Waals surface area contributed by atoms with Crippen molar-refractivity contribution in [2.75, 3.05) is 32.8 Å². The van der Waals surface area contributed by atoms with Crippen LogP contribution in [0, 0.1) is 5.41 Å². The van der Waals surface area contributed by atoms with E-state index in [1.54, 1.807) is 0 Å². The number of esters is 2. The molecule has 0 aliphatic rings. The number of aliphatic hydroxyl groups excluding tert-OH is 1. The molecule has 0 amide bonds. The first-order valence-corrected chi connectivity index (χ1v) is 23.0. The van der Waals surface area contributed by atoms with E-state index in [0.29, 0.717) is 13.0 Å². The van der Waals surface area contributed by atoms with E-state index in [2.05, 4.69) is 39.5 Å². The summed E-state index contributed by atoms with van der Waals surface area (Å²) in [5.41, 5.74) is -0.431. The van der Waals surface area contributed by atoms with Gasteiger partial charge in [-0.1, -0.05) is 162 Å². The van der Waals surface area contributed by atoms with Crippen LogP contribution in [0.3, 0.4) is 0 Å². The van der Waals surface area contributed by atoms with E-state index in [1.165, 1.54) is 128 Å². The van der Waals surface area contributed by atoms with Crippen molar-refractivity contribution in [2.24, 2.45) is 5.41 Å². The number of ether oxygens (including phenoxy) is 2. The summed E-state index contributed by atoms with van der Waals surface area (Å²) in [7, 11) is 0. The third kappa shape index (κ3) is 33.4. The van der Waals surface area contributed by atoms with Crippen molar-refractivity contribution in [2.45, 2.75) is 246 Å². The lowest BCUT2D eigenvalue weighted by Gasteiger charge is -2.27. The van der Waals surface area contributed by atoms with Crippen LogP contribution in [-0.2, 0) is 19.1 Å². The lowest BCUT2D eigenvalue weighted by molar-refractivity contribution is -0.161. The van der Waals surface area contributed by atoms with Crippen LogP contribution >= 0.6 is 0 Å². The average Bonchev–Trinajstić information content (AvgIpc) is 3.12. The van der Waals surface area contributed by atoms with Gasteiger partial charge in [0.2, 0.25) is 0 Å². The summed E-state index contributed by atoms with van der Waals surface area (Å²) in [5, 5.41) is 9.60. The molecule has 0 saturated heterocycles. The van der Waals surface area contributed by atoms with Crippen LogP contribution in [0.5, 0.6) is 0 Å². The molecule has 0 radical (unpaired) electrons. The fourth-order valence-electron chi connectivity index (χ4n) is 7.16. The van der Waals surface area contributed by atoms with E-state index in [1.807, 2.05) is 0 Å². The van der Waals surface area contributed by atoms with Crippen molar-refractivity contribution in [3.05, 3.63) is 0 Å². The molecule has 1 N–H and O–H groups in total. The molecule has 0 unspecified atom stereocenters. The molecule has 0 saturated carbocycles. The molecular weight excluding hydrogens is 647 g/mol. The van der Waals surface area contributed by atoms with E-state index in [0.717, 1.165) is 90.3 Å². The molecule has 0 rings (SSSR count). The van der Waals surface area contributed by atoms with Crippen molar-refractivity contribution in [1.29, 1.82) is 0 Å². The van der Waals surface area contributed by atoms with Crippen molar-refractivity contribution >= 4 is 11.9 Å². The molecule has 0 bridgehead atoms. The second kappa shape index (κ2) is 38.1. The molecule has 0 aromatic rings. The normalized spacial score (nSPS) is 11.9. The van der Waals surface area contributed by atoms with Crippen LogP contribution in [0.25, 0.3) is 0 Å². The molecule has 0 aliphatic carbocycles. The lowest BCUT2D eigenvalue weighted by Crippen LogP contribution is -2.31. The highest BCUT2D eigenvalue weighted by atomic mass is 16.5. The molecule has 0 aliphatic heterocycles. The van der Waals surface area contributed by atoms with Crippen LogP contribution in [0.4, 0.5) is 0 Å². The van der Waals surface area contributed by atoms with E-state index in [-0.39, 0.29) is 24.6 Å². The van der Waals surface area contributed by atoms with Gasteiger partial charge >= 0.3 is 11.9 Å². The van der Waals surface area contributed by atoms with Gasteiger partial charge in [-0.05, 0) is 84.7 Å². The maximum absolute atomic E-state index is 13.3. The number of rotatable bonds is 41. The van der Waals surface area contributed by atoms with E-state index in [9.17, 15) is 14.7 Å². The third-order valence-electron chi connectivity index (χ3n) is 10.9. The largest absolute Gasteiger partial charge is 0.466 e. The highest BCUT2D eigenvalue weighted by molar-refractivity contribution is 5.76. The van der Waals surface area contributed by atoms with Crippen molar-refractivity contribution < 1.29 is 24.2 Å². The topological polar surface area (TPSA) is 76.1 Å². The SMILES string of the molecule is CCCCCCCCOC(=O)CCCCCCCCN(CCO)CCCCCCC(C)(C)C(=O)OC(CCCCCCCC)CCCCCCCC. The molecule has 6 heteroatoms. The number of hydrogen-bond donors (Lipinski definition) is 1. The molecule has 310 valence electrons. The van der Waals surface area contributed by atoms with Gasteiger partial charge in [-0.2, -0.15) is 0 Å². The summed E-state index contributed by atoms with van der Waals surface area (Å²) < 4.78 is 11.6. The molecule has 0 heterocycles. The zero-order valence-electron chi connectivity index (χ0n) is 35.8. The lowest BCUT2D eigenvalue weighted by atomic mass is 9.86. The number of unbranched alkanes of at least 4 members (excludes halogenated alkanes) is 23. The Balaban J connectivity index is 4.17. The highest BCUT2D eigenvalue weighted by Crippen LogP contribution is 2.28. The van der Waals surface area contributed by atoms with Crippen LogP contribution in [0.1, 0.15) is 240 Å². The fraction of sp³-hybridized carbons (Fsp3) is 0.957. The Bertz CT molecular complexity index is 756. The zero-order chi connectivity index (χ0) is 38.4. The number of nitrogens with zero attached hydrogens (tertiary/aromatic N) is 1. The molecular formula is C46H91NO5. The first-order valence-electron chi connectivity index (χ1n) is 23.0. The van der Waals surface area contributed by atoms with Crippen LogP contribution in [-0.4, -0.2) is 60.9 Å². The molecule has 0 aromatic heterocycles. The summed E-state index contributed by atoms with van der Waals surface area (Å²) >= 11 is 0. The Labute approximate surface area is 324 Å². The highest BCUT2D eigenvalue weighted by Gasteiger charge is 2.30. The van der Waals surface area contributed by atoms with Gasteiger partial charge in [0.1, 0.15) is 6.10 Å². The smallest absolute Gasteiger partial charge is 0.311 e. The number of aliphatic hydroxyl groups is 1. The van der Waals surface area contributed by atoms with Crippen LogP contribution in [0.2, 0.25) is 0 Å². The molecule has 52 heavy (non-hydrogen) atoms. The molecule has 0 aromatic carbocycles. The molecule has 0 atom stereocenters. The van der Waals surface area contributed by atoms with Gasteiger partial charge in [-0.3, -0.25) is 9.59 Å². The predicted molar refractivity (Wildman–Crippen MR) is 223 cm³/mol. The summed E-state index contributed by atoms with van der Waals surface area (Å²) in [4.78, 5) is 27.7. The predicted octanol–water partition coefficient (Wildman–Crippen LogP) is 13.3. The number of hydrogen-bond acceptors (Lipinski definition) is 6. The van der Waals surface area contributed by atoms with E-state index >= 15 is 0 Å². The standard InChI is InChI=1S/C46H91NO5/c1-6-9-12-15-20-27-34-43(35-28-21-16-13-10-7-2)52-45(50)46(4,5)37-30-23-25-32-39-47(40-41-48)38-31-24-19-18-22-29-36-44(49)51-42-33-26-17-14-11-8-3/h43,48H,6-42H2,1-5H3. The minimum atomic E-state index is -0.431. The maximum Gasteiger partial charge on any atom is 0.311 e. The fourth-order valence-corrected chi connectivity index (χ4v) is 7.16. The summed E-state index contributed by atoms with van der Waals surface area (Å²) in [5.74, 6) is -0.0226. The van der Waals surface area contributed by atoms with Gasteiger partial charge in [-0.25, -0.2) is 0 Å². The first-order chi connectivity index (χ1) is 25.3. The monoisotopic (exact) mass is 738 g/mol. The first kappa shape index (κ1) is 50.9. The summed E-state index contributed by atoms with van der Waals surface area (Å²) in [6.07, 6.45) is 37.4. The minimum Gasteiger partial charge on any atom is -0.466 e. The van der Waals surface area contributed by atoms with Gasteiger partial charge in [0.25, 0.3) is 0 Å². The van der Waals surface area contributed by atoms with E-state index < -0.39 is 5.41 Å². The molecule has 0 fully saturated rings.